The van der Waals surface area contributed by atoms with E-state index in [0.717, 1.165) is 44.9 Å². The fourth-order valence-electron chi connectivity index (χ4n) is 7.10. The molecule has 8 aromatic rings. The van der Waals surface area contributed by atoms with E-state index in [1.165, 1.54) is 32.7 Å². The Labute approximate surface area is 280 Å². The van der Waals surface area contributed by atoms with E-state index in [1.807, 2.05) is 48.5 Å². The van der Waals surface area contributed by atoms with E-state index in [1.54, 1.807) is 0 Å². The predicted octanol–water partition coefficient (Wildman–Crippen LogP) is 12.6. The van der Waals surface area contributed by atoms with Gasteiger partial charge in [0, 0.05) is 33.5 Å². The molecule has 0 aromatic heterocycles. The molecule has 0 unspecified atom stereocenters. The number of anilines is 6. The Kier molecular flexibility index (Phi) is 6.98. The highest BCUT2D eigenvalue weighted by Crippen LogP contribution is 2.49. The highest BCUT2D eigenvalue weighted by Gasteiger charge is 2.23. The number of nitrogens with zero attached hydrogens (tertiary/aromatic N) is 4. The van der Waals surface area contributed by atoms with E-state index >= 15 is 0 Å². The molecule has 48 heavy (non-hydrogen) atoms. The summed E-state index contributed by atoms with van der Waals surface area (Å²) in [7, 11) is 0. The van der Waals surface area contributed by atoms with Gasteiger partial charge in [0.05, 0.1) is 29.6 Å². The van der Waals surface area contributed by atoms with E-state index in [2.05, 4.69) is 132 Å². The highest BCUT2D eigenvalue weighted by molar-refractivity contribution is 6.29. The Morgan fingerprint density at radius 2 is 0.958 bits per heavy atom. The van der Waals surface area contributed by atoms with Crippen molar-refractivity contribution in [2.24, 2.45) is 0 Å². The number of hydrogen-bond acceptors (Lipinski definition) is 3. The van der Waals surface area contributed by atoms with Crippen LogP contribution >= 0.6 is 0 Å². The first-order chi connectivity index (χ1) is 23.6. The molecular formula is C44H30N4. The van der Waals surface area contributed by atoms with Gasteiger partial charge in [-0.15, -0.1) is 0 Å². The van der Waals surface area contributed by atoms with Gasteiger partial charge in [-0.1, -0.05) is 78.9 Å². The summed E-state index contributed by atoms with van der Waals surface area (Å²) >= 11 is 0. The van der Waals surface area contributed by atoms with Crippen LogP contribution in [0.2, 0.25) is 0 Å². The van der Waals surface area contributed by atoms with Gasteiger partial charge in [0.2, 0.25) is 0 Å². The van der Waals surface area contributed by atoms with Crippen LogP contribution in [0, 0.1) is 31.8 Å². The SMILES string of the molecule is [C-]#[N+]c1cccc(N(c2ccccc2)c2cc(C)c3ccc4c(N(c5ccccc5)c5cccc(C#N)c5)cc(C)c5ccc2c3c54)c1. The van der Waals surface area contributed by atoms with Crippen LogP contribution in [0.4, 0.5) is 39.8 Å². The topological polar surface area (TPSA) is 34.6 Å². The van der Waals surface area contributed by atoms with Crippen LogP contribution in [0.15, 0.2) is 146 Å². The maximum atomic E-state index is 9.79. The molecule has 0 aliphatic heterocycles. The Bertz CT molecular complexity index is 2380. The minimum Gasteiger partial charge on any atom is -0.311 e. The summed E-state index contributed by atoms with van der Waals surface area (Å²) in [6, 6.07) is 52.3. The molecule has 0 atom stereocenters. The van der Waals surface area contributed by atoms with Crippen LogP contribution in [0.1, 0.15) is 16.7 Å². The summed E-state index contributed by atoms with van der Waals surface area (Å²) in [6.45, 7) is 12.1. The second-order valence-corrected chi connectivity index (χ2v) is 12.1. The molecule has 0 N–H and O–H groups in total. The van der Waals surface area contributed by atoms with Crippen molar-refractivity contribution >= 4 is 72.1 Å². The summed E-state index contributed by atoms with van der Waals surface area (Å²) in [4.78, 5) is 8.28. The van der Waals surface area contributed by atoms with Crippen LogP contribution in [0.25, 0.3) is 37.2 Å². The summed E-state index contributed by atoms with van der Waals surface area (Å²) in [5.74, 6) is 0. The van der Waals surface area contributed by atoms with Crippen molar-refractivity contribution < 1.29 is 0 Å². The predicted molar refractivity (Wildman–Crippen MR) is 200 cm³/mol. The summed E-state index contributed by atoms with van der Waals surface area (Å²) in [5, 5.41) is 16.9. The Balaban J connectivity index is 1.46. The molecule has 0 heterocycles. The number of rotatable bonds is 6. The molecule has 0 aliphatic rings. The molecule has 0 saturated heterocycles. The fraction of sp³-hybridized carbons (Fsp3) is 0.0455. The average molecular weight is 615 g/mol. The van der Waals surface area contributed by atoms with Gasteiger partial charge in [-0.05, 0) is 113 Å². The Morgan fingerprint density at radius 3 is 1.46 bits per heavy atom. The number of benzene rings is 8. The van der Waals surface area contributed by atoms with E-state index in [4.69, 9.17) is 6.57 Å². The lowest BCUT2D eigenvalue weighted by Crippen LogP contribution is -2.12. The number of nitriles is 1. The van der Waals surface area contributed by atoms with Gasteiger partial charge >= 0.3 is 0 Å². The van der Waals surface area contributed by atoms with Gasteiger partial charge in [-0.3, -0.25) is 0 Å². The molecule has 0 fully saturated rings. The lowest BCUT2D eigenvalue weighted by Gasteiger charge is -2.30. The molecule has 4 heteroatoms. The second-order valence-electron chi connectivity index (χ2n) is 12.1. The number of para-hydroxylation sites is 2. The summed E-state index contributed by atoms with van der Waals surface area (Å²) in [6.07, 6.45) is 0. The van der Waals surface area contributed by atoms with Crippen LogP contribution in [0.3, 0.4) is 0 Å². The molecule has 0 aliphatic carbocycles. The number of hydrogen-bond donors (Lipinski definition) is 0. The van der Waals surface area contributed by atoms with Gasteiger partial charge in [0.25, 0.3) is 0 Å². The van der Waals surface area contributed by atoms with Crippen LogP contribution < -0.4 is 9.80 Å². The maximum absolute atomic E-state index is 9.79. The third-order valence-electron chi connectivity index (χ3n) is 9.23. The quantitative estimate of drug-likeness (QED) is 0.138. The average Bonchev–Trinajstić information content (AvgIpc) is 3.14. The van der Waals surface area contributed by atoms with Crippen molar-refractivity contribution in [2.75, 3.05) is 9.80 Å². The molecule has 0 amide bonds. The molecule has 8 rings (SSSR count). The van der Waals surface area contributed by atoms with Gasteiger partial charge in [0.15, 0.2) is 5.69 Å². The summed E-state index contributed by atoms with van der Waals surface area (Å²) in [5.41, 5.74) is 9.62. The normalized spacial score (nSPS) is 11.1. The Hall–Kier alpha value is -6.62. The van der Waals surface area contributed by atoms with Crippen molar-refractivity contribution in [3.8, 4) is 6.07 Å². The minimum atomic E-state index is 0.601. The third kappa shape index (κ3) is 4.68. The first-order valence-electron chi connectivity index (χ1n) is 16.0. The number of aryl methyl sites for hydroxylation is 2. The van der Waals surface area contributed by atoms with Gasteiger partial charge in [-0.2, -0.15) is 5.26 Å². The van der Waals surface area contributed by atoms with Crippen molar-refractivity contribution in [1.82, 2.24) is 0 Å². The van der Waals surface area contributed by atoms with Crippen molar-refractivity contribution in [3.63, 3.8) is 0 Å². The first kappa shape index (κ1) is 28.8. The molecular weight excluding hydrogens is 585 g/mol. The lowest BCUT2D eigenvalue weighted by molar-refractivity contribution is 1.28. The standard InChI is InChI=1S/C44H30N4/c1-29-24-41(47(33-14-6-4-7-15-33)35-18-10-12-31(26-35)28-45)39-22-20-38-30(2)25-42(40-23-21-37(29)43(39)44(38)40)48(34-16-8-5-9-17-34)36-19-11-13-32(27-36)46-3/h4-27H,1-2H3. The van der Waals surface area contributed by atoms with E-state index in [-0.39, 0.29) is 0 Å². The van der Waals surface area contributed by atoms with E-state index in [9.17, 15) is 5.26 Å². The minimum absolute atomic E-state index is 0.601. The van der Waals surface area contributed by atoms with E-state index in [0.29, 0.717) is 11.3 Å². The monoisotopic (exact) mass is 614 g/mol. The zero-order chi connectivity index (χ0) is 32.8. The molecule has 4 nitrogen and oxygen atoms in total. The Morgan fingerprint density at radius 1 is 0.500 bits per heavy atom. The van der Waals surface area contributed by atoms with Crippen molar-refractivity contribution in [1.29, 1.82) is 5.26 Å². The van der Waals surface area contributed by atoms with E-state index < -0.39 is 0 Å². The molecule has 0 spiro atoms. The zero-order valence-corrected chi connectivity index (χ0v) is 26.6. The molecule has 226 valence electrons. The fourth-order valence-corrected chi connectivity index (χ4v) is 7.10. The van der Waals surface area contributed by atoms with Gasteiger partial charge < -0.3 is 9.80 Å². The molecule has 8 aromatic carbocycles. The van der Waals surface area contributed by atoms with Crippen LogP contribution in [-0.2, 0) is 0 Å². The molecule has 0 saturated carbocycles. The van der Waals surface area contributed by atoms with Crippen LogP contribution in [0.5, 0.6) is 0 Å². The first-order valence-corrected chi connectivity index (χ1v) is 16.0. The largest absolute Gasteiger partial charge is 0.311 e. The van der Waals surface area contributed by atoms with Crippen molar-refractivity contribution in [3.05, 3.63) is 174 Å². The third-order valence-corrected chi connectivity index (χ3v) is 9.23. The second kappa shape index (κ2) is 11.6. The molecule has 0 radical (unpaired) electrons. The lowest BCUT2D eigenvalue weighted by atomic mass is 9.88. The van der Waals surface area contributed by atoms with Crippen molar-refractivity contribution in [2.45, 2.75) is 13.8 Å². The summed E-state index contributed by atoms with van der Waals surface area (Å²) < 4.78 is 0. The zero-order valence-electron chi connectivity index (χ0n) is 26.6. The molecule has 0 bridgehead atoms. The highest BCUT2D eigenvalue weighted by atomic mass is 15.1. The maximum Gasteiger partial charge on any atom is 0.189 e. The van der Waals surface area contributed by atoms with Crippen LogP contribution in [-0.4, -0.2) is 0 Å². The smallest absolute Gasteiger partial charge is 0.189 e. The van der Waals surface area contributed by atoms with Gasteiger partial charge in [0.1, 0.15) is 0 Å². The van der Waals surface area contributed by atoms with Gasteiger partial charge in [-0.25, -0.2) is 4.85 Å².